The van der Waals surface area contributed by atoms with Crippen molar-refractivity contribution in [1.82, 2.24) is 5.32 Å². The average Bonchev–Trinajstić information content (AvgIpc) is 2.74. The van der Waals surface area contributed by atoms with Crippen LogP contribution in [0.1, 0.15) is 62.9 Å². The first-order valence-electron chi connectivity index (χ1n) is 10.5. The number of hydrogen-bond acceptors (Lipinski definition) is 7. The van der Waals surface area contributed by atoms with Crippen LogP contribution in [0.2, 0.25) is 0 Å². The monoisotopic (exact) mass is 419 g/mol. The number of benzene rings is 1. The predicted octanol–water partition coefficient (Wildman–Crippen LogP) is 2.67. The lowest BCUT2D eigenvalue weighted by Crippen LogP contribution is -2.54. The largest absolute Gasteiger partial charge is 0.549 e. The van der Waals surface area contributed by atoms with Gasteiger partial charge in [-0.15, -0.1) is 0 Å². The van der Waals surface area contributed by atoms with Crippen molar-refractivity contribution in [2.75, 3.05) is 13.4 Å². The molecule has 0 aliphatic carbocycles. The van der Waals surface area contributed by atoms with E-state index in [4.69, 9.17) is 18.8 Å². The van der Waals surface area contributed by atoms with Crippen molar-refractivity contribution < 1.29 is 33.2 Å². The second-order valence-corrected chi connectivity index (χ2v) is 6.99. The molecule has 1 atom stereocenters. The Bertz CT molecular complexity index is 751. The third kappa shape index (κ3) is 5.98. The van der Waals surface area contributed by atoms with Crippen molar-refractivity contribution in [1.29, 1.82) is 0 Å². The van der Waals surface area contributed by atoms with E-state index in [0.29, 0.717) is 38.0 Å². The molecule has 0 fully saturated rings. The number of rotatable bonds is 10. The molecule has 0 saturated heterocycles. The lowest BCUT2D eigenvalue weighted by Gasteiger charge is -2.31. The summed E-state index contributed by atoms with van der Waals surface area (Å²) in [4.78, 5) is 36.3. The van der Waals surface area contributed by atoms with Gasteiger partial charge >= 0.3 is 19.1 Å². The predicted molar refractivity (Wildman–Crippen MR) is 111 cm³/mol. The van der Waals surface area contributed by atoms with Crippen molar-refractivity contribution in [2.24, 2.45) is 5.92 Å². The van der Waals surface area contributed by atoms with Crippen LogP contribution < -0.4 is 9.97 Å². The number of amides is 1. The Morgan fingerprint density at radius 2 is 1.90 bits per heavy atom. The van der Waals surface area contributed by atoms with Gasteiger partial charge in [-0.2, -0.15) is 0 Å². The summed E-state index contributed by atoms with van der Waals surface area (Å²) in [6.45, 7) is 7.33. The van der Waals surface area contributed by atoms with Crippen molar-refractivity contribution >= 4 is 25.0 Å². The molecular formula is C21H30BNO7. The number of fused-ring (bicyclic) bond motifs is 1. The van der Waals surface area contributed by atoms with Crippen LogP contribution in [0.25, 0.3) is 0 Å². The van der Waals surface area contributed by atoms with Gasteiger partial charge in [0.05, 0.1) is 11.9 Å². The molecule has 1 aliphatic heterocycles. The Kier molecular flexibility index (Phi) is 9.17. The van der Waals surface area contributed by atoms with Gasteiger partial charge in [-0.1, -0.05) is 32.9 Å². The Morgan fingerprint density at radius 3 is 2.53 bits per heavy atom. The molecule has 2 rings (SSSR count). The van der Waals surface area contributed by atoms with E-state index in [2.05, 4.69) is 5.32 Å². The summed E-state index contributed by atoms with van der Waals surface area (Å²) in [5.41, 5.74) is 0.979. The first-order chi connectivity index (χ1) is 14.4. The highest BCUT2D eigenvalue weighted by Crippen LogP contribution is 2.31. The number of hydrogen-bond donors (Lipinski definition) is 1. The fourth-order valence-electron chi connectivity index (χ4n) is 3.28. The molecule has 1 aliphatic rings. The zero-order valence-corrected chi connectivity index (χ0v) is 18.1. The van der Waals surface area contributed by atoms with E-state index in [0.717, 1.165) is 5.56 Å². The van der Waals surface area contributed by atoms with Gasteiger partial charge < -0.3 is 24.1 Å². The van der Waals surface area contributed by atoms with E-state index in [-0.39, 0.29) is 29.3 Å². The van der Waals surface area contributed by atoms with Crippen LogP contribution in [0.3, 0.4) is 0 Å². The third-order valence-corrected chi connectivity index (χ3v) is 5.03. The van der Waals surface area contributed by atoms with Crippen LogP contribution in [0.5, 0.6) is 5.75 Å². The number of ether oxygens (including phenoxy) is 2. The molecule has 0 aromatic heterocycles. The first kappa shape index (κ1) is 23.7. The minimum Gasteiger partial charge on any atom is -0.534 e. The lowest BCUT2D eigenvalue weighted by atomic mass is 9.71. The molecular weight excluding hydrogens is 389 g/mol. The van der Waals surface area contributed by atoms with E-state index >= 15 is 0 Å². The van der Waals surface area contributed by atoms with E-state index in [1.165, 1.54) is 0 Å². The van der Waals surface area contributed by atoms with Gasteiger partial charge in [0.25, 0.3) is 0 Å². The van der Waals surface area contributed by atoms with Gasteiger partial charge in [0.1, 0.15) is 11.3 Å². The highest BCUT2D eigenvalue weighted by Gasteiger charge is 2.40. The molecule has 164 valence electrons. The summed E-state index contributed by atoms with van der Waals surface area (Å²) in [7, 11) is -0.723. The Balaban J connectivity index is 2.09. The lowest BCUT2D eigenvalue weighted by molar-refractivity contribution is -0.157. The number of para-hydroxylation sites is 1. The van der Waals surface area contributed by atoms with Crippen molar-refractivity contribution in [3.63, 3.8) is 0 Å². The molecule has 1 heterocycles. The van der Waals surface area contributed by atoms with Gasteiger partial charge in [-0.05, 0) is 37.8 Å². The highest BCUT2D eigenvalue weighted by atomic mass is 16.7. The van der Waals surface area contributed by atoms with Gasteiger partial charge in [-0.25, -0.2) is 4.79 Å². The van der Waals surface area contributed by atoms with Crippen molar-refractivity contribution in [3.8, 4) is 5.75 Å². The van der Waals surface area contributed by atoms with Gasteiger partial charge in [0.15, 0.2) is 0 Å². The quantitative estimate of drug-likeness (QED) is 0.354. The fraction of sp³-hybridized carbons (Fsp3) is 0.571. The summed E-state index contributed by atoms with van der Waals surface area (Å²) in [6.07, 6.45) is 2.14. The smallest absolute Gasteiger partial charge is 0.534 e. The summed E-state index contributed by atoms with van der Waals surface area (Å²) in [6, 6.07) is 5.12. The molecule has 8 nitrogen and oxygen atoms in total. The summed E-state index contributed by atoms with van der Waals surface area (Å²) < 4.78 is 21.8. The molecule has 1 amide bonds. The highest BCUT2D eigenvalue weighted by molar-refractivity contribution is 6.48. The van der Waals surface area contributed by atoms with E-state index in [9.17, 15) is 14.4 Å². The van der Waals surface area contributed by atoms with E-state index in [1.54, 1.807) is 19.1 Å². The summed E-state index contributed by atoms with van der Waals surface area (Å²) >= 11 is 0. The molecule has 0 bridgehead atoms. The molecule has 0 spiro atoms. The fourth-order valence-corrected chi connectivity index (χ4v) is 3.28. The Labute approximate surface area is 177 Å². The SMILES string of the molecule is CCOB1Oc2c(cccc2C(=O)OCOC(=O)C(CC)CC)CC1NC(=O)CC. The van der Waals surface area contributed by atoms with Crippen LogP contribution in [0.4, 0.5) is 0 Å². The minimum atomic E-state index is -0.723. The maximum Gasteiger partial charge on any atom is 0.549 e. The number of esters is 2. The van der Waals surface area contributed by atoms with E-state index < -0.39 is 19.9 Å². The van der Waals surface area contributed by atoms with Crippen LogP contribution in [0.15, 0.2) is 18.2 Å². The van der Waals surface area contributed by atoms with E-state index in [1.807, 2.05) is 26.8 Å². The molecule has 30 heavy (non-hydrogen) atoms. The third-order valence-electron chi connectivity index (χ3n) is 5.03. The maximum atomic E-state index is 12.6. The van der Waals surface area contributed by atoms with Crippen LogP contribution in [-0.4, -0.2) is 44.3 Å². The summed E-state index contributed by atoms with van der Waals surface area (Å²) in [5, 5.41) is 2.90. The van der Waals surface area contributed by atoms with Gasteiger partial charge in [0, 0.05) is 13.0 Å². The second kappa shape index (κ2) is 11.6. The molecule has 1 N–H and O–H groups in total. The Hall–Kier alpha value is -2.55. The normalized spacial score (nSPS) is 15.2. The summed E-state index contributed by atoms with van der Waals surface area (Å²) in [5.74, 6) is -1.36. The second-order valence-electron chi connectivity index (χ2n) is 6.99. The first-order valence-corrected chi connectivity index (χ1v) is 10.5. The Morgan fingerprint density at radius 1 is 1.17 bits per heavy atom. The minimum absolute atomic E-state index is 0.105. The van der Waals surface area contributed by atoms with Gasteiger partial charge in [-0.3, -0.25) is 9.59 Å². The molecule has 1 unspecified atom stereocenters. The van der Waals surface area contributed by atoms with Crippen LogP contribution >= 0.6 is 0 Å². The topological polar surface area (TPSA) is 100 Å². The van der Waals surface area contributed by atoms with Gasteiger partial charge in [0.2, 0.25) is 12.7 Å². The molecule has 0 saturated carbocycles. The number of carbonyl (C=O) groups excluding carboxylic acids is 3. The molecule has 1 aromatic carbocycles. The maximum absolute atomic E-state index is 12.6. The van der Waals surface area contributed by atoms with Crippen molar-refractivity contribution in [2.45, 2.75) is 59.3 Å². The number of carbonyl (C=O) groups is 3. The zero-order chi connectivity index (χ0) is 22.1. The molecule has 1 aromatic rings. The average molecular weight is 419 g/mol. The molecule has 0 radical (unpaired) electrons. The number of nitrogens with one attached hydrogen (secondary N) is 1. The van der Waals surface area contributed by atoms with Crippen molar-refractivity contribution in [3.05, 3.63) is 29.3 Å². The van der Waals surface area contributed by atoms with Crippen LogP contribution in [0, 0.1) is 5.92 Å². The zero-order valence-electron chi connectivity index (χ0n) is 18.1. The van der Waals surface area contributed by atoms with Crippen LogP contribution in [-0.2, 0) is 30.1 Å². The standard InChI is InChI=1S/C21H30BNO7/c1-5-14(6-2)20(25)27-13-28-21(26)16-11-9-10-15-12-17(23-18(24)7-3)22(29-8-4)30-19(15)16/h9-11,14,17H,5-8,12-13H2,1-4H3,(H,23,24). The molecule has 9 heteroatoms.